The molecule has 0 atom stereocenters. The van der Waals surface area contributed by atoms with Gasteiger partial charge < -0.3 is 10.1 Å². The van der Waals surface area contributed by atoms with Crippen LogP contribution in [0.3, 0.4) is 0 Å². The Hall–Kier alpha value is -1.25. The third-order valence-corrected chi connectivity index (χ3v) is 4.10. The van der Waals surface area contributed by atoms with Crippen molar-refractivity contribution in [3.05, 3.63) is 18.6 Å². The molecule has 0 bridgehead atoms. The van der Waals surface area contributed by atoms with Crippen LogP contribution >= 0.6 is 0 Å². The lowest BCUT2D eigenvalue weighted by atomic mass is 10.4. The largest absolute Gasteiger partial charge is 0.378 e. The summed E-state index contributed by atoms with van der Waals surface area (Å²) in [6, 6.07) is 0. The molecule has 1 aromatic heterocycles. The maximum absolute atomic E-state index is 11.6. The Morgan fingerprint density at radius 3 is 2.76 bits per heavy atom. The minimum Gasteiger partial charge on any atom is -0.378 e. The van der Waals surface area contributed by atoms with E-state index in [9.17, 15) is 8.42 Å². The predicted molar refractivity (Wildman–Crippen MR) is 62.1 cm³/mol. The molecule has 0 unspecified atom stereocenters. The van der Waals surface area contributed by atoms with E-state index in [1.165, 1.54) is 0 Å². The topological polar surface area (TPSA) is 93.2 Å². The molecule has 8 heteroatoms. The van der Waals surface area contributed by atoms with Crippen LogP contribution in [0.2, 0.25) is 0 Å². The normalized spacial score (nSPS) is 16.5. The zero-order valence-electron chi connectivity index (χ0n) is 9.17. The molecule has 0 aliphatic carbocycles. The van der Waals surface area contributed by atoms with Crippen LogP contribution in [0.5, 0.6) is 0 Å². The Labute approximate surface area is 99.7 Å². The van der Waals surface area contributed by atoms with Gasteiger partial charge in [-0.25, -0.2) is 18.1 Å². The van der Waals surface area contributed by atoms with Gasteiger partial charge in [-0.05, 0) is 0 Å². The summed E-state index contributed by atoms with van der Waals surface area (Å²) >= 11 is 0. The number of nitrogens with one attached hydrogen (secondary N) is 2. The molecule has 1 aromatic rings. The first kappa shape index (κ1) is 12.2. The maximum Gasteiger partial charge on any atom is 0.219 e. The fourth-order valence-corrected chi connectivity index (χ4v) is 2.46. The van der Waals surface area contributed by atoms with Gasteiger partial charge in [0.15, 0.2) is 0 Å². The van der Waals surface area contributed by atoms with E-state index in [1.54, 1.807) is 18.6 Å². The van der Waals surface area contributed by atoms with Crippen LogP contribution in [0.1, 0.15) is 0 Å². The second-order valence-corrected chi connectivity index (χ2v) is 5.66. The van der Waals surface area contributed by atoms with Crippen LogP contribution in [0.15, 0.2) is 18.6 Å². The van der Waals surface area contributed by atoms with Gasteiger partial charge in [-0.15, -0.1) is 0 Å². The Balaban J connectivity index is 1.69. The number of aromatic nitrogens is 2. The minimum atomic E-state index is -3.23. The third-order valence-electron chi connectivity index (χ3n) is 2.34. The lowest BCUT2D eigenvalue weighted by molar-refractivity contribution is 0.0411. The Kier molecular flexibility index (Phi) is 3.87. The second kappa shape index (κ2) is 5.39. The summed E-state index contributed by atoms with van der Waals surface area (Å²) in [7, 11) is -3.23. The first-order chi connectivity index (χ1) is 8.18. The number of hydrogen-bond donors (Lipinski definition) is 2. The molecule has 17 heavy (non-hydrogen) atoms. The summed E-state index contributed by atoms with van der Waals surface area (Å²) in [6.45, 7) is 1.35. The predicted octanol–water partition coefficient (Wildman–Crippen LogP) is -0.793. The highest BCUT2D eigenvalue weighted by Gasteiger charge is 2.31. The van der Waals surface area contributed by atoms with Gasteiger partial charge in [0.25, 0.3) is 0 Å². The summed E-state index contributed by atoms with van der Waals surface area (Å²) < 4.78 is 30.5. The van der Waals surface area contributed by atoms with Gasteiger partial charge in [-0.3, -0.25) is 4.98 Å². The monoisotopic (exact) mass is 258 g/mol. The molecular formula is C9H14N4O3S. The van der Waals surface area contributed by atoms with Gasteiger partial charge in [-0.1, -0.05) is 0 Å². The zero-order valence-corrected chi connectivity index (χ0v) is 9.98. The molecule has 2 rings (SSSR count). The first-order valence-corrected chi connectivity index (χ1v) is 6.79. The molecule has 0 spiro atoms. The summed E-state index contributed by atoms with van der Waals surface area (Å²) in [5.74, 6) is 0.624. The van der Waals surface area contributed by atoms with Gasteiger partial charge in [0.05, 0.1) is 19.4 Å². The van der Waals surface area contributed by atoms with Crippen molar-refractivity contribution < 1.29 is 13.2 Å². The van der Waals surface area contributed by atoms with Gasteiger partial charge in [-0.2, -0.15) is 0 Å². The van der Waals surface area contributed by atoms with E-state index in [-0.39, 0.29) is 13.2 Å². The highest BCUT2D eigenvalue weighted by molar-refractivity contribution is 7.90. The van der Waals surface area contributed by atoms with Crippen molar-refractivity contribution >= 4 is 15.8 Å². The molecule has 2 heterocycles. The number of nitrogens with zero attached hydrogens (tertiary/aromatic N) is 2. The number of ether oxygens (including phenoxy) is 1. The Bertz CT molecular complexity index is 447. The summed E-state index contributed by atoms with van der Waals surface area (Å²) in [5, 5.41) is 2.56. The molecule has 0 amide bonds. The molecule has 0 saturated carbocycles. The average molecular weight is 258 g/mol. The average Bonchev–Trinajstić information content (AvgIpc) is 2.23. The third kappa shape index (κ3) is 3.35. The molecule has 0 radical (unpaired) electrons. The highest BCUT2D eigenvalue weighted by Crippen LogP contribution is 2.09. The van der Waals surface area contributed by atoms with Crippen molar-refractivity contribution in [1.29, 1.82) is 0 Å². The number of rotatable bonds is 6. The van der Waals surface area contributed by atoms with Crippen molar-refractivity contribution in [3.8, 4) is 0 Å². The fourth-order valence-electron chi connectivity index (χ4n) is 1.29. The second-order valence-electron chi connectivity index (χ2n) is 3.62. The van der Waals surface area contributed by atoms with Crippen molar-refractivity contribution in [2.75, 3.05) is 31.6 Å². The lowest BCUT2D eigenvalue weighted by Gasteiger charge is -2.25. The lowest BCUT2D eigenvalue weighted by Crippen LogP contribution is -2.47. The molecule has 1 saturated heterocycles. The van der Waals surface area contributed by atoms with E-state index >= 15 is 0 Å². The summed E-state index contributed by atoms with van der Waals surface area (Å²) in [5.41, 5.74) is 0. The van der Waals surface area contributed by atoms with E-state index < -0.39 is 15.3 Å². The molecule has 1 aliphatic heterocycles. The smallest absolute Gasteiger partial charge is 0.219 e. The zero-order chi connectivity index (χ0) is 12.1. The Morgan fingerprint density at radius 1 is 1.35 bits per heavy atom. The van der Waals surface area contributed by atoms with Crippen molar-refractivity contribution in [1.82, 2.24) is 14.7 Å². The van der Waals surface area contributed by atoms with Crippen LogP contribution in [0.4, 0.5) is 5.82 Å². The summed E-state index contributed by atoms with van der Waals surface area (Å²) in [6.07, 6.45) is 4.72. The van der Waals surface area contributed by atoms with E-state index in [0.717, 1.165) is 0 Å². The van der Waals surface area contributed by atoms with Crippen LogP contribution in [0.25, 0.3) is 0 Å². The summed E-state index contributed by atoms with van der Waals surface area (Å²) in [4.78, 5) is 7.89. The standard InChI is InChI=1S/C9H14N4O3S/c14-17(15,8-6-16-7-8)13-4-3-12-9-5-10-1-2-11-9/h1-2,5,8,13H,3-4,6-7H2,(H,11,12). The van der Waals surface area contributed by atoms with Gasteiger partial charge in [0.1, 0.15) is 11.1 Å². The van der Waals surface area contributed by atoms with Gasteiger partial charge in [0, 0.05) is 25.5 Å². The number of hydrogen-bond acceptors (Lipinski definition) is 6. The molecule has 1 fully saturated rings. The quantitative estimate of drug-likeness (QED) is 0.649. The van der Waals surface area contributed by atoms with Crippen molar-refractivity contribution in [2.24, 2.45) is 0 Å². The van der Waals surface area contributed by atoms with E-state index in [2.05, 4.69) is 20.0 Å². The van der Waals surface area contributed by atoms with Crippen LogP contribution in [-0.4, -0.2) is 49.9 Å². The Morgan fingerprint density at radius 2 is 2.18 bits per heavy atom. The minimum absolute atomic E-state index is 0.285. The molecule has 1 aliphatic rings. The van der Waals surface area contributed by atoms with Gasteiger partial charge in [0.2, 0.25) is 10.0 Å². The molecule has 94 valence electrons. The van der Waals surface area contributed by atoms with E-state index in [4.69, 9.17) is 4.74 Å². The molecule has 2 N–H and O–H groups in total. The molecule has 7 nitrogen and oxygen atoms in total. The van der Waals surface area contributed by atoms with Crippen LogP contribution in [0, 0.1) is 0 Å². The van der Waals surface area contributed by atoms with Crippen LogP contribution in [-0.2, 0) is 14.8 Å². The van der Waals surface area contributed by atoms with Crippen LogP contribution < -0.4 is 10.0 Å². The molecular weight excluding hydrogens is 244 g/mol. The first-order valence-electron chi connectivity index (χ1n) is 5.24. The van der Waals surface area contributed by atoms with Gasteiger partial charge >= 0.3 is 0 Å². The van der Waals surface area contributed by atoms with Crippen molar-refractivity contribution in [2.45, 2.75) is 5.25 Å². The van der Waals surface area contributed by atoms with Crippen molar-refractivity contribution in [3.63, 3.8) is 0 Å². The van der Waals surface area contributed by atoms with E-state index in [1.807, 2.05) is 0 Å². The highest BCUT2D eigenvalue weighted by atomic mass is 32.2. The number of sulfonamides is 1. The number of anilines is 1. The van der Waals surface area contributed by atoms with E-state index in [0.29, 0.717) is 18.9 Å². The SMILES string of the molecule is O=S(=O)(NCCNc1cnccn1)C1COC1. The maximum atomic E-state index is 11.6. The fraction of sp³-hybridized carbons (Fsp3) is 0.556. The molecule has 0 aromatic carbocycles.